The van der Waals surface area contributed by atoms with Crippen LogP contribution in [-0.2, 0) is 16.4 Å². The summed E-state index contributed by atoms with van der Waals surface area (Å²) < 4.78 is 24.1. The number of nitrogens with one attached hydrogen (secondary N) is 3. The van der Waals surface area contributed by atoms with E-state index in [4.69, 9.17) is 0 Å². The Bertz CT molecular complexity index is 605. The van der Waals surface area contributed by atoms with Crippen molar-refractivity contribution in [3.8, 4) is 0 Å². The van der Waals surface area contributed by atoms with Crippen LogP contribution in [-0.4, -0.2) is 40.2 Å². The van der Waals surface area contributed by atoms with Crippen LogP contribution < -0.4 is 15.4 Å². The second kappa shape index (κ2) is 7.63. The molecule has 1 aliphatic heterocycles. The van der Waals surface area contributed by atoms with Crippen LogP contribution in [0.3, 0.4) is 0 Å². The third-order valence-electron chi connectivity index (χ3n) is 3.11. The molecule has 21 heavy (non-hydrogen) atoms. The molecule has 3 N–H and O–H groups in total. The van der Waals surface area contributed by atoms with Gasteiger partial charge in [-0.25, -0.2) is 13.1 Å². The second-order valence-corrected chi connectivity index (χ2v) is 6.62. The summed E-state index contributed by atoms with van der Waals surface area (Å²) in [6, 6.07) is 5.61. The molecule has 8 heteroatoms. The summed E-state index contributed by atoms with van der Waals surface area (Å²) in [5.41, 5.74) is 2.71. The average molecular weight is 334 g/mol. The average Bonchev–Trinajstić information content (AvgIpc) is 2.41. The van der Waals surface area contributed by atoms with E-state index in [1.807, 2.05) is 12.1 Å². The van der Waals surface area contributed by atoms with Gasteiger partial charge in [-0.15, -0.1) is 12.4 Å². The number of carbonyl (C=O) groups excluding carboxylic acids is 1. The van der Waals surface area contributed by atoms with E-state index in [0.717, 1.165) is 36.9 Å². The van der Waals surface area contributed by atoms with Crippen molar-refractivity contribution < 1.29 is 13.2 Å². The number of carbonyl (C=O) groups is 1. The molecule has 0 fully saturated rings. The molecule has 0 spiro atoms. The van der Waals surface area contributed by atoms with Gasteiger partial charge < -0.3 is 10.6 Å². The molecule has 0 saturated carbocycles. The van der Waals surface area contributed by atoms with E-state index in [9.17, 15) is 13.2 Å². The summed E-state index contributed by atoms with van der Waals surface area (Å²) in [4.78, 5) is 12.1. The van der Waals surface area contributed by atoms with Crippen molar-refractivity contribution in [2.24, 2.45) is 0 Å². The topological polar surface area (TPSA) is 87.3 Å². The Hall–Kier alpha value is -1.31. The molecule has 0 aliphatic carbocycles. The molecule has 0 atom stereocenters. The van der Waals surface area contributed by atoms with Crippen LogP contribution in [0, 0.1) is 0 Å². The molecule has 118 valence electrons. The summed E-state index contributed by atoms with van der Waals surface area (Å²) >= 11 is 0. The fourth-order valence-electron chi connectivity index (χ4n) is 2.23. The molecule has 1 aromatic carbocycles. The van der Waals surface area contributed by atoms with Crippen molar-refractivity contribution >= 4 is 34.0 Å². The maximum atomic E-state index is 12.1. The molecule has 2 rings (SSSR count). The highest BCUT2D eigenvalue weighted by atomic mass is 35.5. The van der Waals surface area contributed by atoms with E-state index in [1.165, 1.54) is 0 Å². The number of amides is 1. The number of rotatable bonds is 5. The summed E-state index contributed by atoms with van der Waals surface area (Å²) in [6.07, 6.45) is 2.98. The van der Waals surface area contributed by atoms with Crippen LogP contribution >= 0.6 is 12.4 Å². The van der Waals surface area contributed by atoms with Gasteiger partial charge in [-0.05, 0) is 30.5 Å². The van der Waals surface area contributed by atoms with Crippen LogP contribution in [0.4, 0.5) is 5.69 Å². The monoisotopic (exact) mass is 333 g/mol. The van der Waals surface area contributed by atoms with Crippen LogP contribution in [0.15, 0.2) is 18.2 Å². The number of anilines is 1. The number of hydrogen-bond acceptors (Lipinski definition) is 4. The number of fused-ring (bicyclic) bond motifs is 1. The van der Waals surface area contributed by atoms with E-state index in [2.05, 4.69) is 15.4 Å². The minimum absolute atomic E-state index is 0. The first-order chi connectivity index (χ1) is 9.47. The largest absolute Gasteiger partial charge is 0.385 e. The zero-order chi connectivity index (χ0) is 14.6. The molecule has 6 nitrogen and oxygen atoms in total. The number of sulfonamides is 1. The second-order valence-electron chi connectivity index (χ2n) is 4.78. The first kappa shape index (κ1) is 17.7. The molecule has 0 bridgehead atoms. The van der Waals surface area contributed by atoms with Gasteiger partial charge in [0, 0.05) is 30.9 Å². The van der Waals surface area contributed by atoms with Gasteiger partial charge >= 0.3 is 0 Å². The predicted molar refractivity (Wildman–Crippen MR) is 85.7 cm³/mol. The van der Waals surface area contributed by atoms with Crippen molar-refractivity contribution in [3.63, 3.8) is 0 Å². The highest BCUT2D eigenvalue weighted by Crippen LogP contribution is 2.25. The molecule has 0 radical (unpaired) electrons. The first-order valence-corrected chi connectivity index (χ1v) is 8.45. The Kier molecular flexibility index (Phi) is 6.44. The van der Waals surface area contributed by atoms with Gasteiger partial charge in [0.15, 0.2) is 0 Å². The Morgan fingerprint density at radius 3 is 2.81 bits per heavy atom. The fourth-order valence-corrected chi connectivity index (χ4v) is 2.70. The zero-order valence-corrected chi connectivity index (χ0v) is 13.4. The zero-order valence-electron chi connectivity index (χ0n) is 11.8. The van der Waals surface area contributed by atoms with Gasteiger partial charge in [0.2, 0.25) is 10.0 Å². The third kappa shape index (κ3) is 5.18. The first-order valence-electron chi connectivity index (χ1n) is 6.56. The lowest BCUT2D eigenvalue weighted by Gasteiger charge is -2.20. The van der Waals surface area contributed by atoms with Gasteiger partial charge in [-0.2, -0.15) is 0 Å². The van der Waals surface area contributed by atoms with Crippen molar-refractivity contribution in [1.29, 1.82) is 0 Å². The van der Waals surface area contributed by atoms with E-state index in [-0.39, 0.29) is 31.4 Å². The fraction of sp³-hybridized carbons (Fsp3) is 0.462. The Morgan fingerprint density at radius 1 is 1.33 bits per heavy atom. The third-order valence-corrected chi connectivity index (χ3v) is 3.84. The van der Waals surface area contributed by atoms with Gasteiger partial charge in [-0.3, -0.25) is 4.79 Å². The molecule has 1 heterocycles. The quantitative estimate of drug-likeness (QED) is 0.694. The summed E-state index contributed by atoms with van der Waals surface area (Å²) in [7, 11) is -3.21. The van der Waals surface area contributed by atoms with Gasteiger partial charge in [0.25, 0.3) is 5.91 Å². The summed E-state index contributed by atoms with van der Waals surface area (Å²) in [6.45, 7) is 1.39. The standard InChI is InChI=1S/C13H19N3O3S.ClH/c1-20(18,19)16-9-8-15-13(17)11-4-2-6-12-10(11)5-3-7-14-12;/h2,4,6,14,16H,3,5,7-9H2,1H3,(H,15,17);1H. The Labute approximate surface area is 131 Å². The summed E-state index contributed by atoms with van der Waals surface area (Å²) in [5.74, 6) is -0.166. The van der Waals surface area contributed by atoms with Gasteiger partial charge in [0.05, 0.1) is 6.26 Å². The van der Waals surface area contributed by atoms with E-state index < -0.39 is 10.0 Å². The van der Waals surface area contributed by atoms with Crippen LogP contribution in [0.1, 0.15) is 22.3 Å². The normalized spacial score (nSPS) is 13.6. The Morgan fingerprint density at radius 2 is 2.10 bits per heavy atom. The van der Waals surface area contributed by atoms with E-state index in [0.29, 0.717) is 5.56 Å². The van der Waals surface area contributed by atoms with Gasteiger partial charge in [-0.1, -0.05) is 6.07 Å². The van der Waals surface area contributed by atoms with Crippen molar-refractivity contribution in [3.05, 3.63) is 29.3 Å². The number of benzene rings is 1. The van der Waals surface area contributed by atoms with Crippen molar-refractivity contribution in [2.45, 2.75) is 12.8 Å². The van der Waals surface area contributed by atoms with Gasteiger partial charge in [0.1, 0.15) is 0 Å². The molecule has 1 aromatic rings. The van der Waals surface area contributed by atoms with E-state index >= 15 is 0 Å². The lowest BCUT2D eigenvalue weighted by Crippen LogP contribution is -2.34. The van der Waals surface area contributed by atoms with Crippen molar-refractivity contribution in [1.82, 2.24) is 10.0 Å². The molecular weight excluding hydrogens is 314 g/mol. The minimum atomic E-state index is -3.21. The maximum Gasteiger partial charge on any atom is 0.251 e. The Balaban J connectivity index is 0.00000220. The predicted octanol–water partition coefficient (Wildman–Crippen LogP) is 0.745. The molecular formula is C13H20ClN3O3S. The SMILES string of the molecule is CS(=O)(=O)NCCNC(=O)c1cccc2c1CCCN2.Cl. The summed E-state index contributed by atoms with van der Waals surface area (Å²) in [5, 5.41) is 6.00. The smallest absolute Gasteiger partial charge is 0.251 e. The molecule has 1 aliphatic rings. The lowest BCUT2D eigenvalue weighted by molar-refractivity contribution is 0.0953. The van der Waals surface area contributed by atoms with Crippen molar-refractivity contribution in [2.75, 3.05) is 31.2 Å². The minimum Gasteiger partial charge on any atom is -0.385 e. The number of hydrogen-bond donors (Lipinski definition) is 3. The van der Waals surface area contributed by atoms with Crippen LogP contribution in [0.2, 0.25) is 0 Å². The number of halogens is 1. The highest BCUT2D eigenvalue weighted by Gasteiger charge is 2.16. The molecule has 1 amide bonds. The molecule has 0 aromatic heterocycles. The van der Waals surface area contributed by atoms with E-state index in [1.54, 1.807) is 6.07 Å². The highest BCUT2D eigenvalue weighted by molar-refractivity contribution is 7.88. The maximum absolute atomic E-state index is 12.1. The van der Waals surface area contributed by atoms with Crippen LogP contribution in [0.5, 0.6) is 0 Å². The lowest BCUT2D eigenvalue weighted by atomic mass is 9.97. The van der Waals surface area contributed by atoms with Crippen LogP contribution in [0.25, 0.3) is 0 Å². The molecule has 0 unspecified atom stereocenters. The molecule has 0 saturated heterocycles.